The van der Waals surface area contributed by atoms with Crippen molar-refractivity contribution in [2.45, 2.75) is 83.8 Å². The second-order valence-corrected chi connectivity index (χ2v) is 10.6. The number of halogens is 3. The predicted octanol–water partition coefficient (Wildman–Crippen LogP) is 9.82. The Labute approximate surface area is 236 Å². The molecule has 0 spiro atoms. The number of hydrogen-bond acceptors (Lipinski definition) is 3. The first-order valence-corrected chi connectivity index (χ1v) is 14.8. The van der Waals surface area contributed by atoms with Gasteiger partial charge in [-0.2, -0.15) is 4.39 Å². The Bertz CT molecular complexity index is 1200. The lowest BCUT2D eigenvalue weighted by Gasteiger charge is -2.30. The molecule has 0 bridgehead atoms. The molecule has 3 aromatic rings. The lowest BCUT2D eigenvalue weighted by Crippen LogP contribution is -2.30. The fourth-order valence-corrected chi connectivity index (χ4v) is 5.07. The molecular weight excluding hydrogens is 513 g/mol. The van der Waals surface area contributed by atoms with Gasteiger partial charge in [0, 0.05) is 17.0 Å². The van der Waals surface area contributed by atoms with E-state index in [0.717, 1.165) is 56.9 Å². The average Bonchev–Trinajstić information content (AvgIpc) is 2.98. The van der Waals surface area contributed by atoms with Crippen LogP contribution in [0.3, 0.4) is 0 Å². The Balaban J connectivity index is 1.37. The Hall–Kier alpha value is -2.83. The van der Waals surface area contributed by atoms with Crippen LogP contribution in [0, 0.1) is 17.5 Å². The van der Waals surface area contributed by atoms with Crippen LogP contribution in [0.25, 0.3) is 22.3 Å². The van der Waals surface area contributed by atoms with E-state index in [9.17, 15) is 8.78 Å². The molecule has 0 amide bonds. The summed E-state index contributed by atoms with van der Waals surface area (Å²) >= 11 is 0. The first-order chi connectivity index (χ1) is 19.5. The first-order valence-electron chi connectivity index (χ1n) is 14.8. The van der Waals surface area contributed by atoms with Gasteiger partial charge in [-0.3, -0.25) is 0 Å². The summed E-state index contributed by atoms with van der Waals surface area (Å²) in [6, 6.07) is 15.0. The van der Waals surface area contributed by atoms with Crippen LogP contribution in [0.2, 0.25) is 0 Å². The smallest absolute Gasteiger partial charge is 0.201 e. The van der Waals surface area contributed by atoms with Crippen LogP contribution in [0.5, 0.6) is 5.75 Å². The van der Waals surface area contributed by atoms with Crippen molar-refractivity contribution in [2.75, 3.05) is 19.8 Å². The van der Waals surface area contributed by atoms with Gasteiger partial charge in [-0.15, -0.1) is 0 Å². The Morgan fingerprint density at radius 2 is 1.32 bits per heavy atom. The molecule has 0 radical (unpaired) electrons. The van der Waals surface area contributed by atoms with Crippen molar-refractivity contribution in [1.29, 1.82) is 0 Å². The maximum Gasteiger partial charge on any atom is 0.201 e. The number of rotatable bonds is 14. The van der Waals surface area contributed by atoms with Crippen LogP contribution in [0.1, 0.15) is 83.1 Å². The molecule has 0 atom stereocenters. The summed E-state index contributed by atoms with van der Waals surface area (Å²) < 4.78 is 61.9. The highest BCUT2D eigenvalue weighted by atomic mass is 19.2. The van der Waals surface area contributed by atoms with Gasteiger partial charge in [-0.25, -0.2) is 8.78 Å². The van der Waals surface area contributed by atoms with E-state index in [1.54, 1.807) is 30.3 Å². The second kappa shape index (κ2) is 15.2. The fraction of sp³-hybridized carbons (Fsp3) is 0.471. The number of hydrogen-bond donors (Lipinski definition) is 0. The minimum absolute atomic E-state index is 0.0146. The van der Waals surface area contributed by atoms with Crippen molar-refractivity contribution in [2.24, 2.45) is 0 Å². The third kappa shape index (κ3) is 7.88. The monoisotopic (exact) mass is 554 g/mol. The lowest BCUT2D eigenvalue weighted by atomic mass is 9.95. The van der Waals surface area contributed by atoms with E-state index in [-0.39, 0.29) is 29.3 Å². The Morgan fingerprint density at radius 1 is 0.700 bits per heavy atom. The van der Waals surface area contributed by atoms with E-state index in [2.05, 4.69) is 13.8 Å². The predicted molar refractivity (Wildman–Crippen MR) is 154 cm³/mol. The van der Waals surface area contributed by atoms with Crippen LogP contribution in [-0.4, -0.2) is 26.1 Å². The minimum Gasteiger partial charge on any atom is -0.490 e. The number of unbranched alkanes of at least 4 members (excludes halogenated alkanes) is 6. The quantitative estimate of drug-likeness (QED) is 0.186. The molecule has 1 saturated heterocycles. The van der Waals surface area contributed by atoms with Crippen LogP contribution in [0.4, 0.5) is 13.2 Å². The minimum atomic E-state index is -0.986. The average molecular weight is 555 g/mol. The standard InChI is InChI=1S/C34H41F3O3/c1-3-5-7-8-10-20-38-31-19-18-29(33(36)34(31)37)25-14-12-24(13-15-25)28-17-16-26(21-30(28)35)27-22-39-32(40-23-27)11-9-6-4-2/h12-19,21,27,32H,3-11,20,22-23H2,1-2H3. The molecule has 1 aliphatic rings. The Kier molecular flexibility index (Phi) is 11.5. The van der Waals surface area contributed by atoms with Crippen molar-refractivity contribution >= 4 is 0 Å². The zero-order valence-electron chi connectivity index (χ0n) is 23.7. The summed E-state index contributed by atoms with van der Waals surface area (Å²) in [7, 11) is 0. The van der Waals surface area contributed by atoms with Crippen LogP contribution < -0.4 is 4.74 Å². The number of ether oxygens (including phenoxy) is 3. The third-order valence-corrected chi connectivity index (χ3v) is 7.53. The molecule has 0 saturated carbocycles. The van der Waals surface area contributed by atoms with Crippen molar-refractivity contribution in [3.63, 3.8) is 0 Å². The highest BCUT2D eigenvalue weighted by molar-refractivity contribution is 5.71. The van der Waals surface area contributed by atoms with E-state index in [0.29, 0.717) is 36.5 Å². The summed E-state index contributed by atoms with van der Waals surface area (Å²) in [5.74, 6) is -2.37. The molecular formula is C34H41F3O3. The van der Waals surface area contributed by atoms with Gasteiger partial charge in [-0.1, -0.05) is 88.8 Å². The summed E-state index contributed by atoms with van der Waals surface area (Å²) in [6.07, 6.45) is 9.35. The maximum atomic E-state index is 15.1. The van der Waals surface area contributed by atoms with Crippen molar-refractivity contribution < 1.29 is 27.4 Å². The van der Waals surface area contributed by atoms with Gasteiger partial charge in [0.1, 0.15) is 5.82 Å². The van der Waals surface area contributed by atoms with Crippen LogP contribution in [0.15, 0.2) is 54.6 Å². The first kappa shape index (κ1) is 30.1. The SMILES string of the molecule is CCCCCCCOc1ccc(-c2ccc(-c3ccc(C4COC(CCCCC)OC4)cc3F)cc2)c(F)c1F. The molecule has 3 nitrogen and oxygen atoms in total. The molecule has 0 aromatic heterocycles. The molecule has 0 unspecified atom stereocenters. The van der Waals surface area contributed by atoms with E-state index in [4.69, 9.17) is 14.2 Å². The topological polar surface area (TPSA) is 27.7 Å². The van der Waals surface area contributed by atoms with Crippen molar-refractivity contribution in [3.8, 4) is 28.0 Å². The molecule has 1 aliphatic heterocycles. The van der Waals surface area contributed by atoms with Crippen molar-refractivity contribution in [1.82, 2.24) is 0 Å². The summed E-state index contributed by atoms with van der Waals surface area (Å²) in [5.41, 5.74) is 2.59. The lowest BCUT2D eigenvalue weighted by molar-refractivity contribution is -0.190. The molecule has 4 rings (SSSR count). The fourth-order valence-electron chi connectivity index (χ4n) is 5.07. The van der Waals surface area contributed by atoms with Gasteiger partial charge < -0.3 is 14.2 Å². The zero-order chi connectivity index (χ0) is 28.3. The van der Waals surface area contributed by atoms with Gasteiger partial charge in [-0.05, 0) is 54.2 Å². The van der Waals surface area contributed by atoms with Gasteiger partial charge in [0.05, 0.1) is 19.8 Å². The second-order valence-electron chi connectivity index (χ2n) is 10.6. The van der Waals surface area contributed by atoms with Gasteiger partial charge in [0.2, 0.25) is 5.82 Å². The normalized spacial score (nSPS) is 17.2. The maximum absolute atomic E-state index is 15.1. The van der Waals surface area contributed by atoms with Crippen LogP contribution in [-0.2, 0) is 9.47 Å². The highest BCUT2D eigenvalue weighted by Gasteiger charge is 2.24. The summed E-state index contributed by atoms with van der Waals surface area (Å²) in [6.45, 7) is 5.69. The molecule has 1 heterocycles. The Morgan fingerprint density at radius 3 is 2.00 bits per heavy atom. The van der Waals surface area contributed by atoms with E-state index in [1.165, 1.54) is 24.6 Å². The van der Waals surface area contributed by atoms with E-state index < -0.39 is 11.6 Å². The van der Waals surface area contributed by atoms with Crippen LogP contribution >= 0.6 is 0 Å². The molecule has 40 heavy (non-hydrogen) atoms. The molecule has 0 aliphatic carbocycles. The molecule has 0 N–H and O–H groups in total. The van der Waals surface area contributed by atoms with E-state index in [1.807, 2.05) is 6.07 Å². The van der Waals surface area contributed by atoms with Gasteiger partial charge in [0.15, 0.2) is 17.9 Å². The molecule has 3 aromatic carbocycles. The molecule has 216 valence electrons. The van der Waals surface area contributed by atoms with Gasteiger partial charge in [0.25, 0.3) is 0 Å². The highest BCUT2D eigenvalue weighted by Crippen LogP contribution is 2.33. The summed E-state index contributed by atoms with van der Waals surface area (Å²) in [4.78, 5) is 0. The molecule has 6 heteroatoms. The van der Waals surface area contributed by atoms with Crippen molar-refractivity contribution in [3.05, 3.63) is 77.6 Å². The van der Waals surface area contributed by atoms with E-state index >= 15 is 4.39 Å². The summed E-state index contributed by atoms with van der Waals surface area (Å²) in [5, 5.41) is 0. The van der Waals surface area contributed by atoms with Gasteiger partial charge >= 0.3 is 0 Å². The molecule has 1 fully saturated rings. The number of benzene rings is 3. The third-order valence-electron chi connectivity index (χ3n) is 7.53. The zero-order valence-corrected chi connectivity index (χ0v) is 23.7. The largest absolute Gasteiger partial charge is 0.490 e.